The molecule has 1 spiro atoms. The lowest BCUT2D eigenvalue weighted by Gasteiger charge is -2.46. The second-order valence-corrected chi connectivity index (χ2v) is 6.36. The third-order valence-electron chi connectivity index (χ3n) is 5.16. The standard InChI is InChI=1S/C15H21NO4/c1-9(17)13-11(8-16)6-10-7-15(19-4-5-20-15)3-2-12(10)14(13)18/h9-13,17H,2-7H2,1H3. The van der Waals surface area contributed by atoms with E-state index in [-0.39, 0.29) is 23.5 Å². The molecule has 5 nitrogen and oxygen atoms in total. The van der Waals surface area contributed by atoms with E-state index < -0.39 is 17.8 Å². The molecule has 5 unspecified atom stereocenters. The molecular formula is C15H21NO4. The van der Waals surface area contributed by atoms with Gasteiger partial charge in [-0.2, -0.15) is 5.26 Å². The molecule has 3 aliphatic rings. The van der Waals surface area contributed by atoms with Crippen LogP contribution in [0.1, 0.15) is 32.6 Å². The van der Waals surface area contributed by atoms with E-state index in [9.17, 15) is 15.2 Å². The number of aliphatic hydroxyl groups is 1. The maximum Gasteiger partial charge on any atom is 0.168 e. The van der Waals surface area contributed by atoms with Gasteiger partial charge >= 0.3 is 0 Å². The summed E-state index contributed by atoms with van der Waals surface area (Å²) in [6, 6.07) is 2.22. The van der Waals surface area contributed by atoms with E-state index in [1.54, 1.807) is 6.92 Å². The summed E-state index contributed by atoms with van der Waals surface area (Å²) in [6.45, 7) is 2.84. The lowest BCUT2D eigenvalue weighted by molar-refractivity contribution is -0.201. The summed E-state index contributed by atoms with van der Waals surface area (Å²) in [7, 11) is 0. The maximum absolute atomic E-state index is 12.6. The van der Waals surface area contributed by atoms with Crippen molar-refractivity contribution in [3.8, 4) is 6.07 Å². The van der Waals surface area contributed by atoms with Gasteiger partial charge in [-0.1, -0.05) is 0 Å². The zero-order valence-corrected chi connectivity index (χ0v) is 11.7. The largest absolute Gasteiger partial charge is 0.393 e. The quantitative estimate of drug-likeness (QED) is 0.781. The minimum atomic E-state index is -0.747. The number of carbonyl (C=O) groups is 1. The van der Waals surface area contributed by atoms with Crippen molar-refractivity contribution in [2.24, 2.45) is 23.7 Å². The summed E-state index contributed by atoms with van der Waals surface area (Å²) in [6.07, 6.45) is 2.10. The van der Waals surface area contributed by atoms with E-state index in [4.69, 9.17) is 9.47 Å². The fourth-order valence-corrected chi connectivity index (χ4v) is 4.26. The highest BCUT2D eigenvalue weighted by Gasteiger charge is 2.53. The van der Waals surface area contributed by atoms with Crippen molar-refractivity contribution < 1.29 is 19.4 Å². The van der Waals surface area contributed by atoms with E-state index in [0.29, 0.717) is 26.1 Å². The molecule has 1 N–H and O–H groups in total. The SMILES string of the molecule is CC(O)C1C(=O)C2CCC3(CC2CC1C#N)OCCO3. The Bertz CT molecular complexity index is 436. The number of nitrogens with zero attached hydrogens (tertiary/aromatic N) is 1. The van der Waals surface area contributed by atoms with Crippen LogP contribution in [-0.2, 0) is 14.3 Å². The summed E-state index contributed by atoms with van der Waals surface area (Å²) in [5.41, 5.74) is 0. The van der Waals surface area contributed by atoms with Crippen LogP contribution in [0.4, 0.5) is 0 Å². The molecule has 0 radical (unpaired) electrons. The van der Waals surface area contributed by atoms with Crippen molar-refractivity contribution in [1.29, 1.82) is 5.26 Å². The van der Waals surface area contributed by atoms with Gasteiger partial charge in [0.05, 0.1) is 37.2 Å². The molecule has 1 saturated heterocycles. The highest BCUT2D eigenvalue weighted by Crippen LogP contribution is 2.49. The molecule has 3 rings (SSSR count). The Morgan fingerprint density at radius 3 is 2.75 bits per heavy atom. The third-order valence-corrected chi connectivity index (χ3v) is 5.16. The van der Waals surface area contributed by atoms with Crippen molar-refractivity contribution in [2.45, 2.75) is 44.5 Å². The van der Waals surface area contributed by atoms with Crippen molar-refractivity contribution in [3.63, 3.8) is 0 Å². The van der Waals surface area contributed by atoms with Crippen molar-refractivity contribution in [1.82, 2.24) is 0 Å². The summed E-state index contributed by atoms with van der Waals surface area (Å²) in [5.74, 6) is -1.26. The first-order valence-electron chi connectivity index (χ1n) is 7.46. The maximum atomic E-state index is 12.6. The first-order chi connectivity index (χ1) is 9.56. The Labute approximate surface area is 118 Å². The van der Waals surface area contributed by atoms with Gasteiger partial charge in [-0.3, -0.25) is 4.79 Å². The molecule has 1 heterocycles. The highest BCUT2D eigenvalue weighted by atomic mass is 16.7. The minimum Gasteiger partial charge on any atom is -0.393 e. The molecule has 0 aromatic carbocycles. The molecule has 2 saturated carbocycles. The first kappa shape index (κ1) is 14.0. The Balaban J connectivity index is 1.80. The third kappa shape index (κ3) is 2.16. The van der Waals surface area contributed by atoms with Crippen LogP contribution in [0.2, 0.25) is 0 Å². The zero-order chi connectivity index (χ0) is 14.3. The molecular weight excluding hydrogens is 258 g/mol. The number of ketones is 1. The Morgan fingerprint density at radius 1 is 1.45 bits per heavy atom. The molecule has 1 aliphatic heterocycles. The number of hydrogen-bond acceptors (Lipinski definition) is 5. The smallest absolute Gasteiger partial charge is 0.168 e. The van der Waals surface area contributed by atoms with Crippen LogP contribution < -0.4 is 0 Å². The average Bonchev–Trinajstić information content (AvgIpc) is 2.85. The van der Waals surface area contributed by atoms with Gasteiger partial charge in [0, 0.05) is 18.8 Å². The summed E-state index contributed by atoms with van der Waals surface area (Å²) in [4.78, 5) is 12.6. The lowest BCUT2D eigenvalue weighted by atomic mass is 9.60. The van der Waals surface area contributed by atoms with Crippen molar-refractivity contribution in [2.75, 3.05) is 13.2 Å². The first-order valence-corrected chi connectivity index (χ1v) is 7.46. The topological polar surface area (TPSA) is 79.5 Å². The van der Waals surface area contributed by atoms with Crippen LogP contribution in [0.5, 0.6) is 0 Å². The molecule has 0 amide bonds. The molecule has 110 valence electrons. The molecule has 0 bridgehead atoms. The van der Waals surface area contributed by atoms with Crippen LogP contribution in [0, 0.1) is 35.0 Å². The molecule has 0 aromatic heterocycles. The normalized spacial score (nSPS) is 41.1. The van der Waals surface area contributed by atoms with Crippen LogP contribution in [0.15, 0.2) is 0 Å². The molecule has 3 fully saturated rings. The van der Waals surface area contributed by atoms with Crippen LogP contribution in [-0.4, -0.2) is 36.0 Å². The Kier molecular flexibility index (Phi) is 3.57. The van der Waals surface area contributed by atoms with Gasteiger partial charge in [0.2, 0.25) is 0 Å². The summed E-state index contributed by atoms with van der Waals surface area (Å²) >= 11 is 0. The van der Waals surface area contributed by atoms with Gasteiger partial charge in [0.1, 0.15) is 5.78 Å². The van der Waals surface area contributed by atoms with Gasteiger partial charge in [0.25, 0.3) is 0 Å². The fourth-order valence-electron chi connectivity index (χ4n) is 4.26. The predicted molar refractivity (Wildman–Crippen MR) is 69.4 cm³/mol. The van der Waals surface area contributed by atoms with Crippen LogP contribution in [0.3, 0.4) is 0 Å². The van der Waals surface area contributed by atoms with E-state index >= 15 is 0 Å². The Morgan fingerprint density at radius 2 is 2.15 bits per heavy atom. The number of aliphatic hydroxyl groups excluding tert-OH is 1. The monoisotopic (exact) mass is 279 g/mol. The number of Topliss-reactive ketones (excluding diaryl/α,β-unsaturated/α-hetero) is 1. The molecule has 5 heteroatoms. The van der Waals surface area contributed by atoms with Gasteiger partial charge in [0.15, 0.2) is 5.79 Å². The van der Waals surface area contributed by atoms with Crippen molar-refractivity contribution >= 4 is 5.78 Å². The van der Waals surface area contributed by atoms with Crippen LogP contribution >= 0.6 is 0 Å². The average molecular weight is 279 g/mol. The number of nitriles is 1. The van der Waals surface area contributed by atoms with E-state index in [2.05, 4.69) is 6.07 Å². The Hall–Kier alpha value is -0.960. The number of carbonyl (C=O) groups excluding carboxylic acids is 1. The molecule has 0 aromatic rings. The van der Waals surface area contributed by atoms with E-state index in [0.717, 1.165) is 12.8 Å². The van der Waals surface area contributed by atoms with E-state index in [1.165, 1.54) is 0 Å². The zero-order valence-electron chi connectivity index (χ0n) is 11.7. The lowest BCUT2D eigenvalue weighted by Crippen LogP contribution is -2.50. The van der Waals surface area contributed by atoms with Crippen molar-refractivity contribution in [3.05, 3.63) is 0 Å². The van der Waals surface area contributed by atoms with E-state index in [1.807, 2.05) is 0 Å². The number of fused-ring (bicyclic) bond motifs is 1. The van der Waals surface area contributed by atoms with Crippen LogP contribution in [0.25, 0.3) is 0 Å². The number of rotatable bonds is 1. The fraction of sp³-hybridized carbons (Fsp3) is 0.867. The summed E-state index contributed by atoms with van der Waals surface area (Å²) in [5, 5.41) is 19.1. The molecule has 20 heavy (non-hydrogen) atoms. The highest BCUT2D eigenvalue weighted by molar-refractivity contribution is 5.85. The molecule has 2 aliphatic carbocycles. The number of ether oxygens (including phenoxy) is 2. The second kappa shape index (κ2) is 5.10. The number of hydrogen-bond donors (Lipinski definition) is 1. The van der Waals surface area contributed by atoms with Gasteiger partial charge in [-0.15, -0.1) is 0 Å². The van der Waals surface area contributed by atoms with Gasteiger partial charge < -0.3 is 14.6 Å². The van der Waals surface area contributed by atoms with Gasteiger partial charge in [-0.25, -0.2) is 0 Å². The minimum absolute atomic E-state index is 0.0439. The predicted octanol–water partition coefficient (Wildman–Crippen LogP) is 1.26. The van der Waals surface area contributed by atoms with Gasteiger partial charge in [-0.05, 0) is 25.7 Å². The second-order valence-electron chi connectivity index (χ2n) is 6.36. The summed E-state index contributed by atoms with van der Waals surface area (Å²) < 4.78 is 11.5. The molecule has 5 atom stereocenters.